The fourth-order valence-electron chi connectivity index (χ4n) is 4.11. The maximum atomic E-state index is 13.6. The molecule has 0 unspecified atom stereocenters. The summed E-state index contributed by atoms with van der Waals surface area (Å²) in [5, 5.41) is 0. The summed E-state index contributed by atoms with van der Waals surface area (Å²) in [6.45, 7) is 8.90. The second-order valence-electron chi connectivity index (χ2n) is 9.70. The van der Waals surface area contributed by atoms with Crippen molar-refractivity contribution in [2.75, 3.05) is 33.4 Å². The van der Waals surface area contributed by atoms with Gasteiger partial charge in [-0.3, -0.25) is 9.59 Å². The molecule has 3 aromatic rings. The highest BCUT2D eigenvalue weighted by atomic mass is 16.5. The van der Waals surface area contributed by atoms with E-state index in [1.54, 1.807) is 16.9 Å². The largest absolute Gasteiger partial charge is 0.383 e. The van der Waals surface area contributed by atoms with Crippen LogP contribution in [-0.4, -0.2) is 59.5 Å². The summed E-state index contributed by atoms with van der Waals surface area (Å²) < 4.78 is 7.46. The first-order valence-corrected chi connectivity index (χ1v) is 12.7. The quantitative estimate of drug-likeness (QED) is 0.339. The molecule has 2 aromatic carbocycles. The molecule has 0 saturated carbocycles. The molecule has 3 rings (SSSR count). The highest BCUT2D eigenvalue weighted by molar-refractivity contribution is 5.96. The first kappa shape index (κ1) is 27.2. The summed E-state index contributed by atoms with van der Waals surface area (Å²) in [6, 6.07) is 21.9. The van der Waals surface area contributed by atoms with Crippen molar-refractivity contribution in [1.82, 2.24) is 14.4 Å². The van der Waals surface area contributed by atoms with Crippen LogP contribution >= 0.6 is 0 Å². The van der Waals surface area contributed by atoms with E-state index in [9.17, 15) is 9.59 Å². The first-order valence-electron chi connectivity index (χ1n) is 12.7. The van der Waals surface area contributed by atoms with E-state index < -0.39 is 0 Å². The number of aromatic nitrogens is 1. The van der Waals surface area contributed by atoms with E-state index in [0.29, 0.717) is 37.7 Å². The van der Waals surface area contributed by atoms with Crippen LogP contribution in [0.15, 0.2) is 72.9 Å². The summed E-state index contributed by atoms with van der Waals surface area (Å²) in [5.74, 6) is 0.245. The summed E-state index contributed by atoms with van der Waals surface area (Å²) in [5.41, 5.74) is 3.89. The molecule has 0 saturated heterocycles. The van der Waals surface area contributed by atoms with Gasteiger partial charge in [0.2, 0.25) is 5.91 Å². The Hall–Kier alpha value is -3.38. The average molecular weight is 490 g/mol. The van der Waals surface area contributed by atoms with Gasteiger partial charge in [0.25, 0.3) is 5.91 Å². The van der Waals surface area contributed by atoms with Gasteiger partial charge in [0.05, 0.1) is 13.2 Å². The van der Waals surface area contributed by atoms with Crippen molar-refractivity contribution in [3.8, 4) is 0 Å². The highest BCUT2D eigenvalue weighted by Crippen LogP contribution is 2.14. The zero-order chi connectivity index (χ0) is 25.9. The van der Waals surface area contributed by atoms with Crippen LogP contribution in [0.25, 0.3) is 0 Å². The number of carbonyl (C=O) groups excluding carboxylic acids is 2. The number of nitrogens with zero attached hydrogens (tertiary/aromatic N) is 3. The van der Waals surface area contributed by atoms with Crippen LogP contribution < -0.4 is 0 Å². The van der Waals surface area contributed by atoms with Crippen LogP contribution in [0.5, 0.6) is 0 Å². The molecule has 0 aliphatic rings. The molecule has 192 valence electrons. The second-order valence-corrected chi connectivity index (χ2v) is 9.70. The van der Waals surface area contributed by atoms with Crippen molar-refractivity contribution < 1.29 is 14.3 Å². The lowest BCUT2D eigenvalue weighted by atomic mass is 10.1. The smallest absolute Gasteiger partial charge is 0.254 e. The molecule has 2 amide bonds. The number of rotatable bonds is 13. The average Bonchev–Trinajstić information content (AvgIpc) is 3.30. The van der Waals surface area contributed by atoms with Gasteiger partial charge < -0.3 is 19.1 Å². The molecule has 1 heterocycles. The summed E-state index contributed by atoms with van der Waals surface area (Å²) in [7, 11) is 1.64. The molecule has 6 nitrogen and oxygen atoms in total. The van der Waals surface area contributed by atoms with Crippen molar-refractivity contribution in [3.63, 3.8) is 0 Å². The fourth-order valence-corrected chi connectivity index (χ4v) is 4.11. The first-order chi connectivity index (χ1) is 17.4. The standard InChI is InChI=1S/C30H39N3O3/c1-24(2)15-17-33(30(35)27-13-8-10-25(3)20-27)23-29(34)32(18-19-36-4)22-28-14-9-16-31(28)21-26-11-6-5-7-12-26/h5-14,16,20,24H,15,17-19,21-23H2,1-4H3. The maximum absolute atomic E-state index is 13.6. The lowest BCUT2D eigenvalue weighted by molar-refractivity contribution is -0.133. The predicted octanol–water partition coefficient (Wildman–Crippen LogP) is 5.01. The predicted molar refractivity (Wildman–Crippen MR) is 144 cm³/mol. The van der Waals surface area contributed by atoms with Gasteiger partial charge in [0.15, 0.2) is 0 Å². The molecular weight excluding hydrogens is 450 g/mol. The Bertz CT molecular complexity index is 1110. The topological polar surface area (TPSA) is 54.8 Å². The van der Waals surface area contributed by atoms with Gasteiger partial charge >= 0.3 is 0 Å². The number of methoxy groups -OCH3 is 1. The molecular formula is C30H39N3O3. The van der Waals surface area contributed by atoms with E-state index in [0.717, 1.165) is 24.2 Å². The molecule has 6 heteroatoms. The molecule has 0 bridgehead atoms. The lowest BCUT2D eigenvalue weighted by Crippen LogP contribution is -2.44. The molecule has 0 radical (unpaired) electrons. The molecule has 0 aliphatic heterocycles. The van der Waals surface area contributed by atoms with Gasteiger partial charge in [0, 0.05) is 44.2 Å². The second kappa shape index (κ2) is 13.6. The molecule has 0 spiro atoms. The summed E-state index contributed by atoms with van der Waals surface area (Å²) >= 11 is 0. The van der Waals surface area contributed by atoms with Gasteiger partial charge in [-0.25, -0.2) is 0 Å². The van der Waals surface area contributed by atoms with E-state index in [1.807, 2.05) is 67.7 Å². The Labute approximate surface area is 215 Å². The van der Waals surface area contributed by atoms with E-state index in [2.05, 4.69) is 30.5 Å². The third kappa shape index (κ3) is 8.09. The molecule has 0 atom stereocenters. The number of amides is 2. The van der Waals surface area contributed by atoms with E-state index in [1.165, 1.54) is 5.56 Å². The number of carbonyl (C=O) groups is 2. The van der Waals surface area contributed by atoms with Crippen LogP contribution in [0.2, 0.25) is 0 Å². The number of aryl methyl sites for hydroxylation is 1. The number of hydrogen-bond acceptors (Lipinski definition) is 3. The monoisotopic (exact) mass is 489 g/mol. The Kier molecular flexibility index (Phi) is 10.3. The zero-order valence-corrected chi connectivity index (χ0v) is 22.0. The highest BCUT2D eigenvalue weighted by Gasteiger charge is 2.23. The summed E-state index contributed by atoms with van der Waals surface area (Å²) in [6.07, 6.45) is 2.88. The molecule has 0 fully saturated rings. The number of hydrogen-bond donors (Lipinski definition) is 0. The van der Waals surface area contributed by atoms with Gasteiger partial charge in [-0.05, 0) is 49.1 Å². The van der Waals surface area contributed by atoms with Crippen molar-refractivity contribution in [2.24, 2.45) is 5.92 Å². The van der Waals surface area contributed by atoms with Gasteiger partial charge in [-0.2, -0.15) is 0 Å². The Morgan fingerprint density at radius 1 is 0.944 bits per heavy atom. The van der Waals surface area contributed by atoms with E-state index in [-0.39, 0.29) is 18.4 Å². The van der Waals surface area contributed by atoms with Crippen LogP contribution in [-0.2, 0) is 22.6 Å². The van der Waals surface area contributed by atoms with Crippen molar-refractivity contribution >= 4 is 11.8 Å². The van der Waals surface area contributed by atoms with Gasteiger partial charge in [0.1, 0.15) is 6.54 Å². The lowest BCUT2D eigenvalue weighted by Gasteiger charge is -2.28. The van der Waals surface area contributed by atoms with Crippen molar-refractivity contribution in [3.05, 3.63) is 95.3 Å². The van der Waals surface area contributed by atoms with Crippen molar-refractivity contribution in [1.29, 1.82) is 0 Å². The third-order valence-electron chi connectivity index (χ3n) is 6.24. The number of ether oxygens (including phenoxy) is 1. The fraction of sp³-hybridized carbons (Fsp3) is 0.400. The Morgan fingerprint density at radius 2 is 1.72 bits per heavy atom. The maximum Gasteiger partial charge on any atom is 0.254 e. The Morgan fingerprint density at radius 3 is 2.42 bits per heavy atom. The van der Waals surface area contributed by atoms with Crippen LogP contribution in [0.4, 0.5) is 0 Å². The van der Waals surface area contributed by atoms with Gasteiger partial charge in [-0.15, -0.1) is 0 Å². The molecule has 1 aromatic heterocycles. The molecule has 0 aliphatic carbocycles. The number of benzene rings is 2. The third-order valence-corrected chi connectivity index (χ3v) is 6.24. The minimum absolute atomic E-state index is 0.0442. The van der Waals surface area contributed by atoms with Crippen LogP contribution in [0.1, 0.15) is 47.4 Å². The summed E-state index contributed by atoms with van der Waals surface area (Å²) in [4.78, 5) is 30.4. The van der Waals surface area contributed by atoms with E-state index in [4.69, 9.17) is 4.74 Å². The normalized spacial score (nSPS) is 11.0. The minimum Gasteiger partial charge on any atom is -0.383 e. The van der Waals surface area contributed by atoms with Crippen LogP contribution in [0.3, 0.4) is 0 Å². The van der Waals surface area contributed by atoms with Crippen LogP contribution in [0, 0.1) is 12.8 Å². The van der Waals surface area contributed by atoms with E-state index >= 15 is 0 Å². The Balaban J connectivity index is 1.77. The van der Waals surface area contributed by atoms with Crippen molar-refractivity contribution in [2.45, 2.75) is 40.3 Å². The molecule has 0 N–H and O–H groups in total. The van der Waals surface area contributed by atoms with Gasteiger partial charge in [-0.1, -0.05) is 61.9 Å². The SMILES string of the molecule is COCCN(Cc1cccn1Cc1ccccc1)C(=O)CN(CCC(C)C)C(=O)c1cccc(C)c1. The minimum atomic E-state index is -0.105. The molecule has 36 heavy (non-hydrogen) atoms. The zero-order valence-electron chi connectivity index (χ0n) is 22.0.